The molecule has 430 valence electrons. The SMILES string of the molecule is CCCCC/C=C\C/C=C\CCCCCCCC(=O)OCCN(CCOC(=O)CCCCCCC/C=C/C/C=C/CCCCC)C(=O)CCC(CCCCCCCCCCCC)OC(=O)OCCCN(CC)CC. The van der Waals surface area contributed by atoms with Crippen LogP contribution in [0.25, 0.3) is 0 Å². The summed E-state index contributed by atoms with van der Waals surface area (Å²) in [6, 6.07) is 0. The third-order valence-corrected chi connectivity index (χ3v) is 13.8. The number of carbonyl (C=O) groups is 4. The van der Waals surface area contributed by atoms with E-state index in [1.807, 2.05) is 0 Å². The van der Waals surface area contributed by atoms with Gasteiger partial charge < -0.3 is 28.7 Å². The summed E-state index contributed by atoms with van der Waals surface area (Å²) in [5, 5.41) is 0. The van der Waals surface area contributed by atoms with Crippen LogP contribution in [0.4, 0.5) is 4.79 Å². The first-order valence-corrected chi connectivity index (χ1v) is 31.1. The third-order valence-electron chi connectivity index (χ3n) is 13.8. The van der Waals surface area contributed by atoms with Crippen molar-refractivity contribution in [3.8, 4) is 0 Å². The molecule has 0 spiro atoms. The number of esters is 2. The van der Waals surface area contributed by atoms with Crippen molar-refractivity contribution in [2.75, 3.05) is 52.5 Å². The van der Waals surface area contributed by atoms with Crippen LogP contribution >= 0.6 is 0 Å². The van der Waals surface area contributed by atoms with Crippen LogP contribution in [-0.2, 0) is 33.3 Å². The summed E-state index contributed by atoms with van der Waals surface area (Å²) in [7, 11) is 0. The summed E-state index contributed by atoms with van der Waals surface area (Å²) >= 11 is 0. The molecular formula is C64H116N2O8. The fourth-order valence-corrected chi connectivity index (χ4v) is 8.92. The third kappa shape index (κ3) is 50.7. The molecule has 0 saturated carbocycles. The fraction of sp³-hybridized carbons (Fsp3) is 0.812. The minimum Gasteiger partial charge on any atom is -0.464 e. The molecule has 0 rings (SSSR count). The molecule has 0 heterocycles. The molecule has 0 N–H and O–H groups in total. The van der Waals surface area contributed by atoms with Gasteiger partial charge in [-0.15, -0.1) is 0 Å². The Morgan fingerprint density at radius 1 is 0.378 bits per heavy atom. The average molecular weight is 1040 g/mol. The Labute approximate surface area is 456 Å². The largest absolute Gasteiger partial charge is 0.508 e. The summed E-state index contributed by atoms with van der Waals surface area (Å²) in [5.41, 5.74) is 0. The molecule has 10 nitrogen and oxygen atoms in total. The number of rotatable bonds is 55. The molecular weight excluding hydrogens is 925 g/mol. The Bertz CT molecular complexity index is 1330. The second-order valence-corrected chi connectivity index (χ2v) is 20.5. The molecule has 0 aromatic rings. The maximum Gasteiger partial charge on any atom is 0.508 e. The molecule has 0 fully saturated rings. The van der Waals surface area contributed by atoms with E-state index in [0.29, 0.717) is 25.7 Å². The van der Waals surface area contributed by atoms with E-state index < -0.39 is 12.3 Å². The molecule has 1 amide bonds. The van der Waals surface area contributed by atoms with Crippen molar-refractivity contribution < 1.29 is 38.1 Å². The zero-order valence-corrected chi connectivity index (χ0v) is 48.9. The van der Waals surface area contributed by atoms with Gasteiger partial charge in [-0.2, -0.15) is 0 Å². The highest BCUT2D eigenvalue weighted by molar-refractivity contribution is 5.76. The molecule has 10 heteroatoms. The maximum absolute atomic E-state index is 13.9. The molecule has 74 heavy (non-hydrogen) atoms. The van der Waals surface area contributed by atoms with Crippen LogP contribution < -0.4 is 0 Å². The van der Waals surface area contributed by atoms with Crippen LogP contribution in [0.15, 0.2) is 48.6 Å². The molecule has 0 saturated heterocycles. The van der Waals surface area contributed by atoms with E-state index >= 15 is 0 Å². The smallest absolute Gasteiger partial charge is 0.464 e. The minimum atomic E-state index is -0.682. The quantitative estimate of drug-likeness (QED) is 0.0254. The maximum atomic E-state index is 13.9. The van der Waals surface area contributed by atoms with Gasteiger partial charge in [-0.3, -0.25) is 14.4 Å². The predicted molar refractivity (Wildman–Crippen MR) is 312 cm³/mol. The zero-order chi connectivity index (χ0) is 54.1. The lowest BCUT2D eigenvalue weighted by atomic mass is 10.0. The zero-order valence-electron chi connectivity index (χ0n) is 48.9. The van der Waals surface area contributed by atoms with Gasteiger partial charge in [0.15, 0.2) is 0 Å². The first-order valence-electron chi connectivity index (χ1n) is 31.1. The molecule has 1 unspecified atom stereocenters. The second-order valence-electron chi connectivity index (χ2n) is 20.5. The first kappa shape index (κ1) is 70.6. The highest BCUT2D eigenvalue weighted by atomic mass is 16.7. The van der Waals surface area contributed by atoms with Crippen LogP contribution in [0.5, 0.6) is 0 Å². The van der Waals surface area contributed by atoms with Crippen LogP contribution in [-0.4, -0.2) is 92.4 Å². The number of carbonyl (C=O) groups excluding carboxylic acids is 4. The van der Waals surface area contributed by atoms with Crippen LogP contribution in [0.1, 0.15) is 279 Å². The molecule has 0 aliphatic carbocycles. The Balaban J connectivity index is 5.15. The molecule has 0 aromatic carbocycles. The Kier molecular flexibility index (Phi) is 54.7. The van der Waals surface area contributed by atoms with Gasteiger partial charge >= 0.3 is 18.1 Å². The number of hydrogen-bond donors (Lipinski definition) is 0. The molecule has 0 aromatic heterocycles. The van der Waals surface area contributed by atoms with Gasteiger partial charge in [0.05, 0.1) is 19.7 Å². The topological polar surface area (TPSA) is 112 Å². The summed E-state index contributed by atoms with van der Waals surface area (Å²) in [5.74, 6) is -0.663. The van der Waals surface area contributed by atoms with E-state index in [1.165, 1.54) is 96.3 Å². The number of nitrogens with zero attached hydrogens (tertiary/aromatic N) is 2. The lowest BCUT2D eigenvalue weighted by molar-refractivity contribution is -0.148. The van der Waals surface area contributed by atoms with Gasteiger partial charge in [-0.25, -0.2) is 4.79 Å². The number of hydrogen-bond acceptors (Lipinski definition) is 9. The van der Waals surface area contributed by atoms with Crippen LogP contribution in [0.3, 0.4) is 0 Å². The average Bonchev–Trinajstić information content (AvgIpc) is 3.40. The Morgan fingerprint density at radius 2 is 0.770 bits per heavy atom. The van der Waals surface area contributed by atoms with E-state index in [-0.39, 0.29) is 57.2 Å². The van der Waals surface area contributed by atoms with E-state index in [9.17, 15) is 19.2 Å². The molecule has 1 atom stereocenters. The van der Waals surface area contributed by atoms with Gasteiger partial charge in [-0.1, -0.05) is 205 Å². The van der Waals surface area contributed by atoms with Crippen molar-refractivity contribution >= 4 is 24.0 Å². The van der Waals surface area contributed by atoms with Crippen molar-refractivity contribution in [3.63, 3.8) is 0 Å². The summed E-state index contributed by atoms with van der Waals surface area (Å²) < 4.78 is 22.6. The first-order chi connectivity index (χ1) is 36.3. The van der Waals surface area contributed by atoms with E-state index in [0.717, 1.165) is 135 Å². The van der Waals surface area contributed by atoms with Crippen molar-refractivity contribution in [2.24, 2.45) is 0 Å². The van der Waals surface area contributed by atoms with Gasteiger partial charge in [0.2, 0.25) is 5.91 Å². The van der Waals surface area contributed by atoms with E-state index in [1.54, 1.807) is 4.90 Å². The van der Waals surface area contributed by atoms with Gasteiger partial charge in [0.1, 0.15) is 19.3 Å². The Morgan fingerprint density at radius 3 is 1.22 bits per heavy atom. The van der Waals surface area contributed by atoms with Gasteiger partial charge in [0.25, 0.3) is 0 Å². The second kappa shape index (κ2) is 57.3. The van der Waals surface area contributed by atoms with Gasteiger partial charge in [-0.05, 0) is 116 Å². The number of amides is 1. The summed E-state index contributed by atoms with van der Waals surface area (Å²) in [6.45, 7) is 14.6. The van der Waals surface area contributed by atoms with E-state index in [2.05, 4.69) is 88.1 Å². The van der Waals surface area contributed by atoms with Crippen molar-refractivity contribution in [3.05, 3.63) is 48.6 Å². The molecule has 0 bridgehead atoms. The van der Waals surface area contributed by atoms with Crippen LogP contribution in [0.2, 0.25) is 0 Å². The standard InChI is InChI=1S/C64H116N2O8/c1-6-11-14-17-20-23-26-28-30-32-34-37-40-43-46-50-62(68)71-58-55-66(56-59-72-63(69)51-47-44-41-38-35-33-31-29-27-24-21-18-15-12-7-2)61(67)53-52-60(49-45-42-39-36-25-22-19-16-13-8-3)74-64(70)73-57-48-54-65(9-4)10-5/h20-21,23-24,28-31,60H,6-19,22,25-27,32-59H2,1-5H3/b23-20-,24-21+,30-28-,31-29+. The molecule has 0 radical (unpaired) electrons. The highest BCUT2D eigenvalue weighted by Crippen LogP contribution is 2.18. The lowest BCUT2D eigenvalue weighted by Gasteiger charge is -2.24. The minimum absolute atomic E-state index is 0.0725. The monoisotopic (exact) mass is 1040 g/mol. The van der Waals surface area contributed by atoms with E-state index in [4.69, 9.17) is 18.9 Å². The molecule has 0 aliphatic heterocycles. The van der Waals surface area contributed by atoms with Crippen LogP contribution in [0, 0.1) is 0 Å². The molecule has 0 aliphatic rings. The highest BCUT2D eigenvalue weighted by Gasteiger charge is 2.21. The number of ether oxygens (including phenoxy) is 4. The summed E-state index contributed by atoms with van der Waals surface area (Å²) in [6.07, 6.45) is 56.3. The van der Waals surface area contributed by atoms with Crippen molar-refractivity contribution in [1.29, 1.82) is 0 Å². The van der Waals surface area contributed by atoms with Crippen molar-refractivity contribution in [2.45, 2.75) is 285 Å². The normalized spacial score (nSPS) is 12.2. The summed E-state index contributed by atoms with van der Waals surface area (Å²) in [4.78, 5) is 56.2. The predicted octanol–water partition coefficient (Wildman–Crippen LogP) is 17.9. The fourth-order valence-electron chi connectivity index (χ4n) is 8.92. The lowest BCUT2D eigenvalue weighted by Crippen LogP contribution is -2.38. The van der Waals surface area contributed by atoms with Gasteiger partial charge in [0, 0.05) is 25.8 Å². The van der Waals surface area contributed by atoms with Crippen molar-refractivity contribution in [1.82, 2.24) is 9.80 Å². The number of allylic oxidation sites excluding steroid dienone is 8. The number of unbranched alkanes of at least 4 members (excludes halogenated alkanes) is 25. The Hall–Kier alpha value is -3.40.